The summed E-state index contributed by atoms with van der Waals surface area (Å²) >= 11 is 0. The van der Waals surface area contributed by atoms with E-state index in [4.69, 9.17) is 5.73 Å². The number of nitriles is 1. The number of hydrogen-bond donors (Lipinski definition) is 1. The van der Waals surface area contributed by atoms with Gasteiger partial charge >= 0.3 is 0 Å². The molecule has 0 saturated heterocycles. The van der Waals surface area contributed by atoms with Crippen molar-refractivity contribution in [3.05, 3.63) is 71.8 Å². The highest BCUT2D eigenvalue weighted by atomic mass is 32.2. The van der Waals surface area contributed by atoms with Gasteiger partial charge in [-0.15, -0.1) is 0 Å². The van der Waals surface area contributed by atoms with E-state index in [1.54, 1.807) is 48.5 Å². The van der Waals surface area contributed by atoms with Gasteiger partial charge in [0.25, 0.3) is 10.0 Å². The van der Waals surface area contributed by atoms with E-state index >= 15 is 0 Å². The third kappa shape index (κ3) is 2.18. The molecule has 0 radical (unpaired) electrons. The van der Waals surface area contributed by atoms with Gasteiger partial charge in [-0.05, 0) is 37.3 Å². The van der Waals surface area contributed by atoms with Gasteiger partial charge in [0.2, 0.25) is 0 Å². The SMILES string of the molecule is Cc1ccc(S(=O)(=O)n2c3ccccc3c3c(N)c(C#N)ccc32)cc1. The summed E-state index contributed by atoms with van der Waals surface area (Å²) in [6, 6.07) is 19.1. The highest BCUT2D eigenvalue weighted by molar-refractivity contribution is 7.90. The third-order valence-electron chi connectivity index (χ3n) is 4.51. The predicted molar refractivity (Wildman–Crippen MR) is 102 cm³/mol. The Morgan fingerprint density at radius 3 is 2.35 bits per heavy atom. The molecular weight excluding hydrogens is 346 g/mol. The minimum absolute atomic E-state index is 0.202. The summed E-state index contributed by atoms with van der Waals surface area (Å²) < 4.78 is 28.0. The number of rotatable bonds is 2. The lowest BCUT2D eigenvalue weighted by Gasteiger charge is -2.10. The van der Waals surface area contributed by atoms with Crippen LogP contribution < -0.4 is 5.73 Å². The quantitative estimate of drug-likeness (QED) is 0.550. The highest BCUT2D eigenvalue weighted by Crippen LogP contribution is 2.36. The number of anilines is 1. The summed E-state index contributed by atoms with van der Waals surface area (Å²) in [4.78, 5) is 0.202. The van der Waals surface area contributed by atoms with Crippen LogP contribution in [0.1, 0.15) is 11.1 Å². The Labute approximate surface area is 150 Å². The second kappa shape index (κ2) is 5.61. The van der Waals surface area contributed by atoms with Crippen molar-refractivity contribution in [2.45, 2.75) is 11.8 Å². The molecule has 0 fully saturated rings. The van der Waals surface area contributed by atoms with Crippen molar-refractivity contribution >= 4 is 37.5 Å². The number of nitrogens with two attached hydrogens (primary N) is 1. The van der Waals surface area contributed by atoms with Crippen LogP contribution in [0.2, 0.25) is 0 Å². The number of para-hydroxylation sites is 1. The monoisotopic (exact) mass is 361 g/mol. The molecule has 1 aromatic heterocycles. The van der Waals surface area contributed by atoms with Gasteiger partial charge in [-0.1, -0.05) is 35.9 Å². The van der Waals surface area contributed by atoms with Crippen LogP contribution in [-0.4, -0.2) is 12.4 Å². The van der Waals surface area contributed by atoms with Crippen molar-refractivity contribution in [2.75, 3.05) is 5.73 Å². The Morgan fingerprint density at radius 2 is 1.65 bits per heavy atom. The minimum Gasteiger partial charge on any atom is -0.397 e. The Kier molecular flexibility index (Phi) is 3.49. The minimum atomic E-state index is -3.82. The number of fused-ring (bicyclic) bond motifs is 3. The van der Waals surface area contributed by atoms with Gasteiger partial charge in [-0.2, -0.15) is 5.26 Å². The first-order valence-electron chi connectivity index (χ1n) is 7.99. The molecule has 26 heavy (non-hydrogen) atoms. The fourth-order valence-electron chi connectivity index (χ4n) is 3.22. The molecule has 3 aromatic carbocycles. The van der Waals surface area contributed by atoms with Crippen LogP contribution in [-0.2, 0) is 10.0 Å². The van der Waals surface area contributed by atoms with Gasteiger partial charge < -0.3 is 5.73 Å². The summed E-state index contributed by atoms with van der Waals surface area (Å²) in [5, 5.41) is 10.5. The number of nitrogen functional groups attached to an aromatic ring is 1. The van der Waals surface area contributed by atoms with E-state index in [0.717, 1.165) is 5.56 Å². The molecule has 0 atom stereocenters. The number of nitrogens with zero attached hydrogens (tertiary/aromatic N) is 2. The molecule has 2 N–H and O–H groups in total. The van der Waals surface area contributed by atoms with Crippen LogP contribution in [0.15, 0.2) is 65.6 Å². The Morgan fingerprint density at radius 1 is 0.962 bits per heavy atom. The smallest absolute Gasteiger partial charge is 0.268 e. The maximum absolute atomic E-state index is 13.4. The molecule has 0 unspecified atom stereocenters. The molecule has 0 saturated carbocycles. The standard InChI is InChI=1S/C20H15N3O2S/c1-13-6-9-15(10-7-13)26(24,25)23-17-5-3-2-4-16(17)19-18(23)11-8-14(12-21)20(19)22/h2-11H,22H2,1H3. The van der Waals surface area contributed by atoms with E-state index in [2.05, 4.69) is 6.07 Å². The molecule has 6 heteroatoms. The summed E-state index contributed by atoms with van der Waals surface area (Å²) in [6.07, 6.45) is 0. The average Bonchev–Trinajstić information content (AvgIpc) is 2.98. The first kappa shape index (κ1) is 16.2. The second-order valence-corrected chi connectivity index (χ2v) is 7.92. The zero-order chi connectivity index (χ0) is 18.5. The molecule has 5 nitrogen and oxygen atoms in total. The largest absolute Gasteiger partial charge is 0.397 e. The van der Waals surface area contributed by atoms with E-state index in [-0.39, 0.29) is 4.90 Å². The van der Waals surface area contributed by atoms with Crippen molar-refractivity contribution < 1.29 is 8.42 Å². The highest BCUT2D eigenvalue weighted by Gasteiger charge is 2.24. The second-order valence-electron chi connectivity index (χ2n) is 6.13. The summed E-state index contributed by atoms with van der Waals surface area (Å²) in [6.45, 7) is 1.90. The van der Waals surface area contributed by atoms with Crippen molar-refractivity contribution in [1.82, 2.24) is 3.97 Å². The number of aromatic nitrogens is 1. The Bertz CT molecular complexity index is 1310. The third-order valence-corrected chi connectivity index (χ3v) is 6.26. The van der Waals surface area contributed by atoms with E-state index in [1.165, 1.54) is 3.97 Å². The van der Waals surface area contributed by atoms with Crippen LogP contribution >= 0.6 is 0 Å². The lowest BCUT2D eigenvalue weighted by molar-refractivity contribution is 0.590. The van der Waals surface area contributed by atoms with Gasteiger partial charge in [0.05, 0.1) is 27.2 Å². The zero-order valence-corrected chi connectivity index (χ0v) is 14.8. The van der Waals surface area contributed by atoms with Crippen molar-refractivity contribution in [2.24, 2.45) is 0 Å². The Hall–Kier alpha value is -3.30. The van der Waals surface area contributed by atoms with E-state index in [1.807, 2.05) is 19.1 Å². The van der Waals surface area contributed by atoms with Crippen molar-refractivity contribution in [1.29, 1.82) is 5.26 Å². The number of benzene rings is 3. The Balaban J connectivity index is 2.17. The van der Waals surface area contributed by atoms with Gasteiger partial charge in [0.15, 0.2) is 0 Å². The van der Waals surface area contributed by atoms with Crippen molar-refractivity contribution in [3.63, 3.8) is 0 Å². The molecule has 0 spiro atoms. The summed E-state index contributed by atoms with van der Waals surface area (Å²) in [5.74, 6) is 0. The summed E-state index contributed by atoms with van der Waals surface area (Å²) in [7, 11) is -3.82. The van der Waals surface area contributed by atoms with Gasteiger partial charge in [-0.3, -0.25) is 0 Å². The maximum Gasteiger partial charge on any atom is 0.268 e. The van der Waals surface area contributed by atoms with E-state index in [0.29, 0.717) is 33.1 Å². The first-order chi connectivity index (χ1) is 12.4. The molecular formula is C20H15N3O2S. The van der Waals surface area contributed by atoms with Gasteiger partial charge in [0, 0.05) is 10.8 Å². The van der Waals surface area contributed by atoms with Crippen LogP contribution in [0, 0.1) is 18.3 Å². The molecule has 4 aromatic rings. The zero-order valence-electron chi connectivity index (χ0n) is 14.0. The van der Waals surface area contributed by atoms with Gasteiger partial charge in [-0.25, -0.2) is 12.4 Å². The van der Waals surface area contributed by atoms with Gasteiger partial charge in [0.1, 0.15) is 6.07 Å². The molecule has 0 amide bonds. The number of aryl methyl sites for hydroxylation is 1. The first-order valence-corrected chi connectivity index (χ1v) is 9.43. The number of hydrogen-bond acceptors (Lipinski definition) is 4. The fraction of sp³-hybridized carbons (Fsp3) is 0.0500. The molecule has 128 valence electrons. The van der Waals surface area contributed by atoms with Crippen LogP contribution in [0.25, 0.3) is 21.8 Å². The predicted octanol–water partition coefficient (Wildman–Crippen LogP) is 3.79. The molecule has 0 aliphatic carbocycles. The lowest BCUT2D eigenvalue weighted by atomic mass is 10.1. The van der Waals surface area contributed by atoms with Crippen LogP contribution in [0.5, 0.6) is 0 Å². The molecule has 1 heterocycles. The van der Waals surface area contributed by atoms with E-state index < -0.39 is 10.0 Å². The molecule has 0 bridgehead atoms. The normalized spacial score (nSPS) is 11.7. The van der Waals surface area contributed by atoms with Crippen LogP contribution in [0.3, 0.4) is 0 Å². The molecule has 0 aliphatic rings. The van der Waals surface area contributed by atoms with Crippen molar-refractivity contribution in [3.8, 4) is 6.07 Å². The molecule has 4 rings (SSSR count). The average molecular weight is 361 g/mol. The maximum atomic E-state index is 13.4. The fourth-order valence-corrected chi connectivity index (χ4v) is 4.74. The lowest BCUT2D eigenvalue weighted by Crippen LogP contribution is -2.12. The van der Waals surface area contributed by atoms with E-state index in [9.17, 15) is 13.7 Å². The summed E-state index contributed by atoms with van der Waals surface area (Å²) in [5.41, 5.74) is 8.77. The van der Waals surface area contributed by atoms with Crippen LogP contribution in [0.4, 0.5) is 5.69 Å². The molecule has 0 aliphatic heterocycles. The topological polar surface area (TPSA) is 88.9 Å².